The summed E-state index contributed by atoms with van der Waals surface area (Å²) < 4.78 is 6.12. The zero-order chi connectivity index (χ0) is 11.2. The Hall–Kier alpha value is -1.13. The molecule has 0 unspecified atom stereocenters. The Morgan fingerprint density at radius 1 is 1.44 bits per heavy atom. The SMILES string of the molecule is NCC1(c2cccc3oc(=O)sc23)CCC1. The van der Waals surface area contributed by atoms with E-state index >= 15 is 0 Å². The second-order valence-electron chi connectivity index (χ2n) is 4.42. The quantitative estimate of drug-likeness (QED) is 0.868. The molecule has 0 radical (unpaired) electrons. The lowest BCUT2D eigenvalue weighted by atomic mass is 9.64. The molecule has 1 saturated carbocycles. The smallest absolute Gasteiger partial charge is 0.396 e. The Morgan fingerprint density at radius 2 is 2.25 bits per heavy atom. The fourth-order valence-corrected chi connectivity index (χ4v) is 3.40. The third kappa shape index (κ3) is 1.26. The molecule has 3 rings (SSSR count). The van der Waals surface area contributed by atoms with E-state index in [0.717, 1.165) is 17.5 Å². The van der Waals surface area contributed by atoms with E-state index in [-0.39, 0.29) is 10.4 Å². The third-order valence-electron chi connectivity index (χ3n) is 3.63. The fourth-order valence-electron chi connectivity index (χ4n) is 2.50. The van der Waals surface area contributed by atoms with Crippen LogP contribution >= 0.6 is 11.3 Å². The van der Waals surface area contributed by atoms with Crippen molar-refractivity contribution in [3.8, 4) is 0 Å². The molecule has 1 heterocycles. The van der Waals surface area contributed by atoms with E-state index in [2.05, 4.69) is 6.07 Å². The fraction of sp³-hybridized carbons (Fsp3) is 0.417. The molecule has 1 aromatic heterocycles. The Balaban J connectivity index is 2.26. The van der Waals surface area contributed by atoms with Crippen molar-refractivity contribution in [2.45, 2.75) is 24.7 Å². The molecular formula is C12H13NO2S. The van der Waals surface area contributed by atoms with E-state index in [4.69, 9.17) is 10.2 Å². The van der Waals surface area contributed by atoms with Crippen molar-refractivity contribution in [2.24, 2.45) is 5.73 Å². The van der Waals surface area contributed by atoms with Gasteiger partial charge in [0.1, 0.15) is 5.58 Å². The first-order valence-electron chi connectivity index (χ1n) is 5.48. The third-order valence-corrected chi connectivity index (χ3v) is 4.51. The molecule has 16 heavy (non-hydrogen) atoms. The first-order valence-corrected chi connectivity index (χ1v) is 6.30. The van der Waals surface area contributed by atoms with Crippen LogP contribution in [-0.4, -0.2) is 6.54 Å². The molecule has 0 aliphatic heterocycles. The Morgan fingerprint density at radius 3 is 2.88 bits per heavy atom. The number of hydrogen-bond donors (Lipinski definition) is 1. The van der Waals surface area contributed by atoms with Gasteiger partial charge in [-0.05, 0) is 24.5 Å². The van der Waals surface area contributed by atoms with Gasteiger partial charge in [0.05, 0.1) is 4.70 Å². The monoisotopic (exact) mass is 235 g/mol. The molecule has 0 saturated heterocycles. The predicted molar refractivity (Wildman–Crippen MR) is 64.9 cm³/mol. The van der Waals surface area contributed by atoms with Gasteiger partial charge in [-0.15, -0.1) is 0 Å². The molecule has 1 aliphatic rings. The molecule has 3 nitrogen and oxygen atoms in total. The van der Waals surface area contributed by atoms with Gasteiger partial charge in [-0.3, -0.25) is 0 Å². The first kappa shape index (κ1) is 10.1. The molecule has 0 amide bonds. The minimum Gasteiger partial charge on any atom is -0.414 e. The van der Waals surface area contributed by atoms with Crippen LogP contribution in [0.3, 0.4) is 0 Å². The number of hydrogen-bond acceptors (Lipinski definition) is 4. The minimum atomic E-state index is -0.228. The summed E-state index contributed by atoms with van der Waals surface area (Å²) in [7, 11) is 0. The molecule has 0 spiro atoms. The maximum absolute atomic E-state index is 11.3. The van der Waals surface area contributed by atoms with Crippen LogP contribution in [0.15, 0.2) is 27.4 Å². The van der Waals surface area contributed by atoms with Crippen molar-refractivity contribution in [3.05, 3.63) is 33.5 Å². The zero-order valence-electron chi connectivity index (χ0n) is 8.86. The molecule has 2 N–H and O–H groups in total. The molecule has 1 fully saturated rings. The standard InChI is InChI=1S/C12H13NO2S/c13-7-12(5-2-6-12)8-3-1-4-9-10(8)16-11(14)15-9/h1,3-4H,2,5-7,13H2. The van der Waals surface area contributed by atoms with Crippen molar-refractivity contribution in [2.75, 3.05) is 6.54 Å². The van der Waals surface area contributed by atoms with Gasteiger partial charge in [0.15, 0.2) is 0 Å². The summed E-state index contributed by atoms with van der Waals surface area (Å²) in [6.45, 7) is 0.651. The van der Waals surface area contributed by atoms with Gasteiger partial charge in [0.2, 0.25) is 0 Å². The Bertz CT molecular complexity index is 574. The molecule has 0 atom stereocenters. The van der Waals surface area contributed by atoms with Crippen LogP contribution in [-0.2, 0) is 5.41 Å². The lowest BCUT2D eigenvalue weighted by Gasteiger charge is -2.41. The molecule has 84 valence electrons. The van der Waals surface area contributed by atoms with E-state index in [1.165, 1.54) is 23.3 Å². The van der Waals surface area contributed by atoms with Crippen molar-refractivity contribution >= 4 is 21.6 Å². The highest BCUT2D eigenvalue weighted by atomic mass is 32.1. The summed E-state index contributed by atoms with van der Waals surface area (Å²) in [5, 5.41) is 0. The maximum atomic E-state index is 11.3. The van der Waals surface area contributed by atoms with Gasteiger partial charge in [-0.2, -0.15) is 0 Å². The minimum absolute atomic E-state index is 0.0896. The van der Waals surface area contributed by atoms with Gasteiger partial charge in [-0.1, -0.05) is 29.9 Å². The summed E-state index contributed by atoms with van der Waals surface area (Å²) in [4.78, 5) is 11.1. The zero-order valence-corrected chi connectivity index (χ0v) is 9.68. The first-order chi connectivity index (χ1) is 7.75. The highest BCUT2D eigenvalue weighted by molar-refractivity contribution is 7.16. The molecule has 0 bridgehead atoms. The summed E-state index contributed by atoms with van der Waals surface area (Å²) >= 11 is 1.19. The molecule has 1 aliphatic carbocycles. The summed E-state index contributed by atoms with van der Waals surface area (Å²) in [6.07, 6.45) is 3.46. The van der Waals surface area contributed by atoms with Crippen LogP contribution in [0.2, 0.25) is 0 Å². The molecule has 4 heteroatoms. The van der Waals surface area contributed by atoms with Crippen LogP contribution in [0, 0.1) is 0 Å². The second-order valence-corrected chi connectivity index (χ2v) is 5.37. The van der Waals surface area contributed by atoms with Crippen LogP contribution in [0.5, 0.6) is 0 Å². The van der Waals surface area contributed by atoms with Crippen molar-refractivity contribution in [1.29, 1.82) is 0 Å². The molecule has 1 aromatic carbocycles. The van der Waals surface area contributed by atoms with Gasteiger partial charge >= 0.3 is 4.94 Å². The van der Waals surface area contributed by atoms with E-state index in [1.807, 2.05) is 12.1 Å². The van der Waals surface area contributed by atoms with Gasteiger partial charge < -0.3 is 10.2 Å². The normalized spacial score (nSPS) is 18.6. The summed E-state index contributed by atoms with van der Waals surface area (Å²) in [5.74, 6) is 0. The van der Waals surface area contributed by atoms with Crippen LogP contribution in [0.4, 0.5) is 0 Å². The van der Waals surface area contributed by atoms with Crippen molar-refractivity contribution < 1.29 is 4.42 Å². The van der Waals surface area contributed by atoms with Crippen LogP contribution < -0.4 is 10.7 Å². The van der Waals surface area contributed by atoms with Gasteiger partial charge in [0, 0.05) is 12.0 Å². The van der Waals surface area contributed by atoms with E-state index in [9.17, 15) is 4.79 Å². The van der Waals surface area contributed by atoms with E-state index < -0.39 is 0 Å². The number of nitrogens with two attached hydrogens (primary N) is 1. The van der Waals surface area contributed by atoms with Crippen LogP contribution in [0.25, 0.3) is 10.3 Å². The second kappa shape index (κ2) is 3.43. The maximum Gasteiger partial charge on any atom is 0.396 e. The van der Waals surface area contributed by atoms with Crippen molar-refractivity contribution in [1.82, 2.24) is 0 Å². The van der Waals surface area contributed by atoms with Gasteiger partial charge in [-0.25, -0.2) is 4.79 Å². The number of rotatable bonds is 2. The van der Waals surface area contributed by atoms with Crippen LogP contribution in [0.1, 0.15) is 24.8 Å². The Kier molecular flexibility index (Phi) is 2.16. The summed E-state index contributed by atoms with van der Waals surface area (Å²) in [5.41, 5.74) is 7.89. The van der Waals surface area contributed by atoms with E-state index in [0.29, 0.717) is 12.1 Å². The number of fused-ring (bicyclic) bond motifs is 1. The average molecular weight is 235 g/mol. The van der Waals surface area contributed by atoms with Gasteiger partial charge in [0.25, 0.3) is 0 Å². The largest absolute Gasteiger partial charge is 0.414 e. The summed E-state index contributed by atoms with van der Waals surface area (Å²) in [6, 6.07) is 5.88. The molecule has 2 aromatic rings. The average Bonchev–Trinajstić information content (AvgIpc) is 2.58. The predicted octanol–water partition coefficient (Wildman–Crippen LogP) is 2.23. The van der Waals surface area contributed by atoms with Crippen molar-refractivity contribution in [3.63, 3.8) is 0 Å². The highest BCUT2D eigenvalue weighted by Gasteiger charge is 2.38. The highest BCUT2D eigenvalue weighted by Crippen LogP contribution is 2.45. The topological polar surface area (TPSA) is 56.2 Å². The number of benzene rings is 1. The lowest BCUT2D eigenvalue weighted by Crippen LogP contribution is -2.41. The Labute approximate surface area is 96.9 Å². The lowest BCUT2D eigenvalue weighted by molar-refractivity contribution is 0.255. The molecular weight excluding hydrogens is 222 g/mol. The van der Waals surface area contributed by atoms with E-state index in [1.54, 1.807) is 0 Å².